The van der Waals surface area contributed by atoms with Crippen molar-refractivity contribution in [2.75, 3.05) is 17.2 Å². The van der Waals surface area contributed by atoms with E-state index in [2.05, 4.69) is 32.5 Å². The van der Waals surface area contributed by atoms with Gasteiger partial charge >= 0.3 is 0 Å². The van der Waals surface area contributed by atoms with Crippen molar-refractivity contribution in [1.82, 2.24) is 15.0 Å². The van der Waals surface area contributed by atoms with Crippen molar-refractivity contribution in [3.63, 3.8) is 0 Å². The Balaban J connectivity index is 1.68. The Kier molecular flexibility index (Phi) is 3.70. The highest BCUT2D eigenvalue weighted by atomic mass is 35.5. The molecule has 2 aliphatic heterocycles. The number of hydrogen-bond acceptors (Lipinski definition) is 6. The van der Waals surface area contributed by atoms with Crippen LogP contribution in [0.4, 0.5) is 11.9 Å². The van der Waals surface area contributed by atoms with Crippen molar-refractivity contribution < 1.29 is 4.74 Å². The van der Waals surface area contributed by atoms with Gasteiger partial charge in [-0.25, -0.2) is 0 Å². The summed E-state index contributed by atoms with van der Waals surface area (Å²) in [4.78, 5) is 12.5. The van der Waals surface area contributed by atoms with Gasteiger partial charge in [0, 0.05) is 6.54 Å². The van der Waals surface area contributed by atoms with Gasteiger partial charge in [0.25, 0.3) is 0 Å². The Morgan fingerprint density at radius 1 is 1.26 bits per heavy atom. The molecule has 0 radical (unpaired) electrons. The van der Waals surface area contributed by atoms with Gasteiger partial charge in [-0.3, -0.25) is 0 Å². The molecule has 2 aliphatic rings. The Bertz CT molecular complexity index is 458. The van der Waals surface area contributed by atoms with Crippen LogP contribution in [0.3, 0.4) is 0 Å². The third-order valence-electron chi connectivity index (χ3n) is 3.56. The molecule has 0 amide bonds. The molecule has 1 aromatic heterocycles. The van der Waals surface area contributed by atoms with Crippen LogP contribution in [0.15, 0.2) is 0 Å². The molecule has 1 aromatic rings. The summed E-state index contributed by atoms with van der Waals surface area (Å²) in [6, 6.07) is 0.288. The monoisotopic (exact) mass is 283 g/mol. The Hall–Kier alpha value is -1.14. The minimum atomic E-state index is 0.208. The number of anilines is 2. The van der Waals surface area contributed by atoms with E-state index in [9.17, 15) is 0 Å². The summed E-state index contributed by atoms with van der Waals surface area (Å²) in [6.07, 6.45) is 4.99. The first-order valence-corrected chi connectivity index (χ1v) is 7.20. The van der Waals surface area contributed by atoms with Crippen LogP contribution >= 0.6 is 11.6 Å². The number of ether oxygens (including phenoxy) is 1. The maximum absolute atomic E-state index is 5.92. The first-order valence-electron chi connectivity index (χ1n) is 6.82. The van der Waals surface area contributed by atoms with Gasteiger partial charge in [0.15, 0.2) is 0 Å². The highest BCUT2D eigenvalue weighted by Crippen LogP contribution is 2.35. The molecular weight excluding hydrogens is 266 g/mol. The van der Waals surface area contributed by atoms with Crippen LogP contribution in [0.25, 0.3) is 0 Å². The van der Waals surface area contributed by atoms with E-state index < -0.39 is 0 Å². The van der Waals surface area contributed by atoms with Crippen LogP contribution < -0.4 is 10.6 Å². The summed E-state index contributed by atoms with van der Waals surface area (Å²) in [7, 11) is 0. The van der Waals surface area contributed by atoms with Crippen molar-refractivity contribution in [1.29, 1.82) is 0 Å². The standard InChI is InChI=1S/C12H18ClN5O/c1-2-5-14-11-16-10(13)17-12(18-11)15-8-6-7-3-4-9(8)19-7/h7-9H,2-6H2,1H3,(H2,14,15,16,17,18). The second-order valence-electron chi connectivity index (χ2n) is 5.04. The fraction of sp³-hybridized carbons (Fsp3) is 0.750. The zero-order valence-electron chi connectivity index (χ0n) is 10.9. The minimum absolute atomic E-state index is 0.208. The molecule has 2 N–H and O–H groups in total. The van der Waals surface area contributed by atoms with Gasteiger partial charge < -0.3 is 15.4 Å². The quantitative estimate of drug-likeness (QED) is 0.862. The highest BCUT2D eigenvalue weighted by Gasteiger charge is 2.41. The predicted octanol–water partition coefficient (Wildman–Crippen LogP) is 2.08. The largest absolute Gasteiger partial charge is 0.373 e. The molecule has 0 aromatic carbocycles. The second-order valence-corrected chi connectivity index (χ2v) is 5.38. The molecule has 3 rings (SSSR count). The van der Waals surface area contributed by atoms with Crippen LogP contribution in [0.2, 0.25) is 5.28 Å². The number of fused-ring (bicyclic) bond motifs is 2. The molecule has 2 saturated heterocycles. The fourth-order valence-electron chi connectivity index (χ4n) is 2.69. The molecule has 3 unspecified atom stereocenters. The smallest absolute Gasteiger partial charge is 0.229 e. The van der Waals surface area contributed by atoms with Crippen molar-refractivity contribution in [3.05, 3.63) is 5.28 Å². The maximum atomic E-state index is 5.92. The lowest BCUT2D eigenvalue weighted by atomic mass is 9.96. The molecule has 104 valence electrons. The lowest BCUT2D eigenvalue weighted by Crippen LogP contribution is -2.31. The SMILES string of the molecule is CCCNc1nc(Cl)nc(NC2CC3CCC2O3)n1. The number of rotatable bonds is 5. The third kappa shape index (κ3) is 2.90. The average Bonchev–Trinajstić information content (AvgIpc) is 2.98. The van der Waals surface area contributed by atoms with Crippen LogP contribution in [-0.4, -0.2) is 39.7 Å². The maximum Gasteiger partial charge on any atom is 0.229 e. The Morgan fingerprint density at radius 2 is 2.11 bits per heavy atom. The molecule has 2 bridgehead atoms. The molecule has 3 atom stereocenters. The van der Waals surface area contributed by atoms with E-state index >= 15 is 0 Å². The molecule has 0 spiro atoms. The summed E-state index contributed by atoms with van der Waals surface area (Å²) in [5, 5.41) is 6.64. The van der Waals surface area contributed by atoms with Gasteiger partial charge in [-0.15, -0.1) is 0 Å². The first kappa shape index (κ1) is 12.9. The molecule has 0 aliphatic carbocycles. The average molecular weight is 284 g/mol. The lowest BCUT2D eigenvalue weighted by molar-refractivity contribution is 0.102. The Morgan fingerprint density at radius 3 is 2.79 bits per heavy atom. The molecule has 19 heavy (non-hydrogen) atoms. The molecule has 0 saturated carbocycles. The third-order valence-corrected chi connectivity index (χ3v) is 3.73. The molecule has 2 fully saturated rings. The number of halogens is 1. The summed E-state index contributed by atoms with van der Waals surface area (Å²) < 4.78 is 5.80. The van der Waals surface area contributed by atoms with E-state index in [0.29, 0.717) is 18.0 Å². The van der Waals surface area contributed by atoms with Crippen LogP contribution in [0.5, 0.6) is 0 Å². The van der Waals surface area contributed by atoms with Crippen LogP contribution in [0.1, 0.15) is 32.6 Å². The summed E-state index contributed by atoms with van der Waals surface area (Å²) >= 11 is 5.92. The van der Waals surface area contributed by atoms with Gasteiger partial charge in [-0.05, 0) is 37.3 Å². The number of nitrogens with zero attached hydrogens (tertiary/aromatic N) is 3. The zero-order valence-corrected chi connectivity index (χ0v) is 11.7. The molecule has 7 heteroatoms. The van der Waals surface area contributed by atoms with Gasteiger partial charge in [0.1, 0.15) is 0 Å². The van der Waals surface area contributed by atoms with E-state index in [4.69, 9.17) is 16.3 Å². The molecule has 6 nitrogen and oxygen atoms in total. The van der Waals surface area contributed by atoms with E-state index in [0.717, 1.165) is 25.8 Å². The van der Waals surface area contributed by atoms with Crippen molar-refractivity contribution in [3.8, 4) is 0 Å². The zero-order chi connectivity index (χ0) is 13.2. The topological polar surface area (TPSA) is 72.0 Å². The summed E-state index contributed by atoms with van der Waals surface area (Å²) in [5.41, 5.74) is 0. The van der Waals surface area contributed by atoms with E-state index in [1.54, 1.807) is 0 Å². The first-order chi connectivity index (χ1) is 9.24. The van der Waals surface area contributed by atoms with Gasteiger partial charge in [0.2, 0.25) is 17.2 Å². The number of nitrogens with one attached hydrogen (secondary N) is 2. The normalized spacial score (nSPS) is 28.6. The van der Waals surface area contributed by atoms with Gasteiger partial charge in [-0.1, -0.05) is 6.92 Å². The molecule has 3 heterocycles. The minimum Gasteiger partial charge on any atom is -0.373 e. The van der Waals surface area contributed by atoms with Crippen LogP contribution in [-0.2, 0) is 4.74 Å². The van der Waals surface area contributed by atoms with Gasteiger partial charge in [-0.2, -0.15) is 15.0 Å². The summed E-state index contributed by atoms with van der Waals surface area (Å²) in [6.45, 7) is 2.90. The lowest BCUT2D eigenvalue weighted by Gasteiger charge is -2.20. The van der Waals surface area contributed by atoms with Crippen molar-refractivity contribution in [2.45, 2.75) is 50.9 Å². The summed E-state index contributed by atoms with van der Waals surface area (Å²) in [5.74, 6) is 1.05. The van der Waals surface area contributed by atoms with Gasteiger partial charge in [0.05, 0.1) is 18.2 Å². The van der Waals surface area contributed by atoms with E-state index in [1.807, 2.05) is 0 Å². The van der Waals surface area contributed by atoms with E-state index in [1.165, 1.54) is 6.42 Å². The van der Waals surface area contributed by atoms with E-state index in [-0.39, 0.29) is 17.4 Å². The number of hydrogen-bond donors (Lipinski definition) is 2. The fourth-order valence-corrected chi connectivity index (χ4v) is 2.85. The van der Waals surface area contributed by atoms with Crippen LogP contribution in [0, 0.1) is 0 Å². The predicted molar refractivity (Wildman–Crippen MR) is 73.5 cm³/mol. The second kappa shape index (κ2) is 5.46. The van der Waals surface area contributed by atoms with Crippen molar-refractivity contribution >= 4 is 23.5 Å². The number of aromatic nitrogens is 3. The van der Waals surface area contributed by atoms with Crippen molar-refractivity contribution in [2.24, 2.45) is 0 Å². The molecular formula is C12H18ClN5O. The highest BCUT2D eigenvalue weighted by molar-refractivity contribution is 6.28. The Labute approximate surface area is 117 Å².